The van der Waals surface area contributed by atoms with Crippen LogP contribution in [0.15, 0.2) is 60.7 Å². The Morgan fingerprint density at radius 2 is 1.24 bits per heavy atom. The van der Waals surface area contributed by atoms with Crippen LogP contribution in [0.5, 0.6) is 0 Å². The molecular formula is C20H28O3P2. The van der Waals surface area contributed by atoms with E-state index >= 15 is 0 Å². The molecule has 1 aliphatic rings. The van der Waals surface area contributed by atoms with Gasteiger partial charge in [-0.25, -0.2) is 0 Å². The van der Waals surface area contributed by atoms with E-state index in [1.54, 1.807) is 0 Å². The van der Waals surface area contributed by atoms with Crippen molar-refractivity contribution in [2.45, 2.75) is 50.7 Å². The summed E-state index contributed by atoms with van der Waals surface area (Å²) in [6, 6.07) is 20.2. The number of hydrogen-bond donors (Lipinski definition) is 1. The van der Waals surface area contributed by atoms with Crippen molar-refractivity contribution in [2.75, 3.05) is 0 Å². The summed E-state index contributed by atoms with van der Waals surface area (Å²) in [7, 11) is -0.0650. The maximum atomic E-state index is 11.3. The predicted molar refractivity (Wildman–Crippen MR) is 109 cm³/mol. The summed E-state index contributed by atoms with van der Waals surface area (Å²) < 4.78 is 12.6. The van der Waals surface area contributed by atoms with E-state index in [-0.39, 0.29) is 0 Å². The first-order valence-electron chi connectivity index (χ1n) is 8.98. The molecule has 0 saturated heterocycles. The Morgan fingerprint density at radius 1 is 0.800 bits per heavy atom. The Bertz CT molecular complexity index is 599. The molecule has 2 aromatic carbocycles. The predicted octanol–water partition coefficient (Wildman–Crippen LogP) is 5.44. The van der Waals surface area contributed by atoms with E-state index in [0.717, 1.165) is 36.8 Å². The third-order valence-electron chi connectivity index (χ3n) is 4.92. The van der Waals surface area contributed by atoms with E-state index in [2.05, 4.69) is 8.93 Å². The van der Waals surface area contributed by atoms with Gasteiger partial charge in [-0.2, -0.15) is 0 Å². The van der Waals surface area contributed by atoms with Crippen molar-refractivity contribution in [3.05, 3.63) is 71.8 Å². The quantitative estimate of drug-likeness (QED) is 0.652. The average molecular weight is 378 g/mol. The van der Waals surface area contributed by atoms with Crippen LogP contribution in [-0.2, 0) is 22.3 Å². The van der Waals surface area contributed by atoms with Gasteiger partial charge in [0.15, 0.2) is 0 Å². The molecular weight excluding hydrogens is 350 g/mol. The molecule has 5 heteroatoms. The second-order valence-electron chi connectivity index (χ2n) is 6.81. The van der Waals surface area contributed by atoms with Crippen LogP contribution in [0.4, 0.5) is 0 Å². The molecule has 1 unspecified atom stereocenters. The first-order valence-corrected chi connectivity index (χ1v) is 12.6. The van der Waals surface area contributed by atoms with Crippen LogP contribution in [0, 0.1) is 0 Å². The molecule has 0 amide bonds. The summed E-state index contributed by atoms with van der Waals surface area (Å²) in [4.78, 5) is 0. The summed E-state index contributed by atoms with van der Waals surface area (Å²) in [5.41, 5.74) is 2.20. The SMILES string of the molecule is OC1([PH](P)(OCc2ccccc2)OCc2ccccc2)CCCCC1. The maximum absolute atomic E-state index is 11.3. The van der Waals surface area contributed by atoms with E-state index in [1.165, 1.54) is 6.42 Å². The zero-order valence-electron chi connectivity index (χ0n) is 14.6. The van der Waals surface area contributed by atoms with Crippen LogP contribution >= 0.6 is 16.3 Å². The van der Waals surface area contributed by atoms with Gasteiger partial charge in [0.25, 0.3) is 0 Å². The Kier molecular flexibility index (Phi) is 6.61. The molecule has 1 saturated carbocycles. The molecule has 0 aliphatic heterocycles. The molecule has 0 spiro atoms. The van der Waals surface area contributed by atoms with Gasteiger partial charge in [-0.05, 0) is 0 Å². The zero-order chi connectivity index (χ0) is 17.6. The van der Waals surface area contributed by atoms with Crippen molar-refractivity contribution in [3.63, 3.8) is 0 Å². The third kappa shape index (κ3) is 4.88. The van der Waals surface area contributed by atoms with Crippen molar-refractivity contribution in [1.29, 1.82) is 0 Å². The Morgan fingerprint density at radius 3 is 1.68 bits per heavy atom. The van der Waals surface area contributed by atoms with E-state index in [4.69, 9.17) is 9.05 Å². The summed E-state index contributed by atoms with van der Waals surface area (Å²) in [6.45, 7) is 0.932. The van der Waals surface area contributed by atoms with Gasteiger partial charge in [0.05, 0.1) is 0 Å². The van der Waals surface area contributed by atoms with Gasteiger partial charge in [0.2, 0.25) is 0 Å². The second kappa shape index (κ2) is 8.71. The molecule has 25 heavy (non-hydrogen) atoms. The van der Waals surface area contributed by atoms with Crippen LogP contribution < -0.4 is 0 Å². The van der Waals surface area contributed by atoms with Crippen molar-refractivity contribution in [2.24, 2.45) is 0 Å². The van der Waals surface area contributed by atoms with Gasteiger partial charge in [-0.15, -0.1) is 0 Å². The Balaban J connectivity index is 1.74. The zero-order valence-corrected chi connectivity index (χ0v) is 16.7. The van der Waals surface area contributed by atoms with Gasteiger partial charge in [-0.3, -0.25) is 0 Å². The fourth-order valence-electron chi connectivity index (χ4n) is 3.33. The molecule has 0 bridgehead atoms. The minimum atomic E-state index is -2.87. The number of rotatable bonds is 7. The molecule has 2 aromatic rings. The van der Waals surface area contributed by atoms with Gasteiger partial charge in [0.1, 0.15) is 0 Å². The van der Waals surface area contributed by atoms with Gasteiger partial charge in [0, 0.05) is 0 Å². The van der Waals surface area contributed by atoms with Crippen LogP contribution in [-0.4, -0.2) is 10.4 Å². The van der Waals surface area contributed by atoms with Crippen LogP contribution in [0.25, 0.3) is 0 Å². The van der Waals surface area contributed by atoms with E-state index in [9.17, 15) is 5.11 Å². The van der Waals surface area contributed by atoms with Crippen LogP contribution in [0.2, 0.25) is 0 Å². The summed E-state index contributed by atoms with van der Waals surface area (Å²) >= 11 is 0. The Hall–Kier alpha value is -0.820. The molecule has 136 valence electrons. The van der Waals surface area contributed by atoms with Gasteiger partial charge >= 0.3 is 153 Å². The summed E-state index contributed by atoms with van der Waals surface area (Å²) in [6.07, 6.45) is 4.75. The van der Waals surface area contributed by atoms with Gasteiger partial charge < -0.3 is 0 Å². The number of benzene rings is 2. The van der Waals surface area contributed by atoms with Crippen LogP contribution in [0.3, 0.4) is 0 Å². The van der Waals surface area contributed by atoms with Crippen molar-refractivity contribution in [3.8, 4) is 0 Å². The van der Waals surface area contributed by atoms with Crippen molar-refractivity contribution < 1.29 is 14.2 Å². The summed E-state index contributed by atoms with van der Waals surface area (Å²) in [5, 5.41) is 10.5. The molecule has 1 N–H and O–H groups in total. The molecule has 0 heterocycles. The fraction of sp³-hybridized carbons (Fsp3) is 0.400. The minimum absolute atomic E-state index is 0.466. The number of aliphatic hydroxyl groups is 1. The molecule has 1 atom stereocenters. The van der Waals surface area contributed by atoms with Crippen LogP contribution in [0.1, 0.15) is 43.2 Å². The van der Waals surface area contributed by atoms with Crippen molar-refractivity contribution in [1.82, 2.24) is 0 Å². The first-order chi connectivity index (χ1) is 12.1. The standard InChI is InChI=1S/C20H28O3P2/c21-20(14-8-3-9-15-20)25(24,22-16-18-10-4-1-5-11-18)23-17-19-12-6-2-7-13-19/h1-2,4-7,10-13,21,25H,3,8-9,14-17,24H2. The fourth-order valence-corrected chi connectivity index (χ4v) is 7.12. The van der Waals surface area contributed by atoms with Crippen molar-refractivity contribution >= 4 is 16.3 Å². The molecule has 1 fully saturated rings. The topological polar surface area (TPSA) is 38.7 Å². The third-order valence-corrected chi connectivity index (χ3v) is 10.5. The summed E-state index contributed by atoms with van der Waals surface area (Å²) in [5.74, 6) is 0. The van der Waals surface area contributed by atoms with E-state index in [0.29, 0.717) is 13.2 Å². The molecule has 0 radical (unpaired) electrons. The molecule has 3 nitrogen and oxygen atoms in total. The molecule has 1 aliphatic carbocycles. The van der Waals surface area contributed by atoms with E-state index in [1.807, 2.05) is 60.7 Å². The second-order valence-corrected chi connectivity index (χ2v) is 11.9. The van der Waals surface area contributed by atoms with Gasteiger partial charge in [-0.1, -0.05) is 0 Å². The number of hydrogen-bond acceptors (Lipinski definition) is 3. The van der Waals surface area contributed by atoms with E-state index < -0.39 is 12.7 Å². The first kappa shape index (κ1) is 19.0. The normalized spacial score (nSPS) is 18.0. The average Bonchev–Trinajstić information content (AvgIpc) is 2.67. The molecule has 3 rings (SSSR count). The Labute approximate surface area is 153 Å². The monoisotopic (exact) mass is 378 g/mol. The molecule has 0 aromatic heterocycles.